The second-order valence-electron chi connectivity index (χ2n) is 5.46. The fraction of sp³-hybridized carbons (Fsp3) is 0.167. The van der Waals surface area contributed by atoms with E-state index in [1.165, 1.54) is 0 Å². The third kappa shape index (κ3) is 4.90. The molecule has 0 aliphatic carbocycles. The molecule has 0 bridgehead atoms. The summed E-state index contributed by atoms with van der Waals surface area (Å²) in [5, 5.41) is 2.34. The van der Waals surface area contributed by atoms with Crippen molar-refractivity contribution in [1.82, 2.24) is 9.55 Å². The lowest BCUT2D eigenvalue weighted by molar-refractivity contribution is 0.0281. The molecule has 0 aliphatic heterocycles. The van der Waals surface area contributed by atoms with Crippen LogP contribution in [0.4, 0.5) is 0 Å². The highest BCUT2D eigenvalue weighted by Crippen LogP contribution is 2.31. The molecule has 2 aromatic carbocycles. The third-order valence-electron chi connectivity index (χ3n) is 3.69. The summed E-state index contributed by atoms with van der Waals surface area (Å²) in [6.07, 6.45) is 5.02. The lowest BCUT2D eigenvalue weighted by atomic mass is 10.1. The molecular weight excluding hydrogens is 402 g/mol. The van der Waals surface area contributed by atoms with Crippen LogP contribution in [0.1, 0.15) is 17.2 Å². The lowest BCUT2D eigenvalue weighted by Gasteiger charge is -2.21. The molecule has 0 spiro atoms. The van der Waals surface area contributed by atoms with Gasteiger partial charge in [0.25, 0.3) is 0 Å². The Morgan fingerprint density at radius 3 is 2.44 bits per heavy atom. The van der Waals surface area contributed by atoms with Crippen molar-refractivity contribution in [2.45, 2.75) is 19.3 Å². The van der Waals surface area contributed by atoms with Crippen LogP contribution in [-0.2, 0) is 17.9 Å². The fourth-order valence-corrected chi connectivity index (χ4v) is 3.33. The van der Waals surface area contributed by atoms with Gasteiger partial charge in [0.05, 0.1) is 19.5 Å². The van der Waals surface area contributed by atoms with Gasteiger partial charge in [0.1, 0.15) is 6.10 Å². The highest BCUT2D eigenvalue weighted by molar-refractivity contribution is 6.35. The van der Waals surface area contributed by atoms with Gasteiger partial charge in [0.2, 0.25) is 0 Å². The summed E-state index contributed by atoms with van der Waals surface area (Å²) in [6.45, 7) is 0.858. The molecule has 1 aromatic heterocycles. The van der Waals surface area contributed by atoms with Gasteiger partial charge in [-0.15, -0.1) is 0 Å². The maximum atomic E-state index is 6.37. The summed E-state index contributed by atoms with van der Waals surface area (Å²) in [5.74, 6) is 0. The summed E-state index contributed by atoms with van der Waals surface area (Å²) >= 11 is 24.6. The lowest BCUT2D eigenvalue weighted by Crippen LogP contribution is -2.12. The smallest absolute Gasteiger partial charge is 0.102 e. The zero-order valence-corrected chi connectivity index (χ0v) is 16.0. The standard InChI is InChI=1S/C18H14Cl4N2O/c19-13-2-4-16(21)12(7-13)10-25-18(9-24-6-5-23-11-24)15-3-1-14(20)8-17(15)22/h1-8,11,18H,9-10H2/t18-/m0/s1. The van der Waals surface area contributed by atoms with Gasteiger partial charge in [-0.25, -0.2) is 4.98 Å². The van der Waals surface area contributed by atoms with Gasteiger partial charge in [0.15, 0.2) is 0 Å². The van der Waals surface area contributed by atoms with Crippen LogP contribution in [0.25, 0.3) is 0 Å². The predicted molar refractivity (Wildman–Crippen MR) is 103 cm³/mol. The van der Waals surface area contributed by atoms with Crippen LogP contribution in [0.2, 0.25) is 20.1 Å². The summed E-state index contributed by atoms with van der Waals surface area (Å²) in [4.78, 5) is 4.06. The Kier molecular flexibility index (Phi) is 6.26. The van der Waals surface area contributed by atoms with E-state index >= 15 is 0 Å². The Balaban J connectivity index is 1.84. The van der Waals surface area contributed by atoms with Gasteiger partial charge >= 0.3 is 0 Å². The van der Waals surface area contributed by atoms with E-state index in [0.29, 0.717) is 33.2 Å². The van der Waals surface area contributed by atoms with E-state index in [1.807, 2.05) is 16.8 Å². The van der Waals surface area contributed by atoms with E-state index in [2.05, 4.69) is 4.98 Å². The Hall–Kier alpha value is -1.23. The third-order valence-corrected chi connectivity index (χ3v) is 4.86. The number of halogens is 4. The molecule has 3 nitrogen and oxygen atoms in total. The monoisotopic (exact) mass is 414 g/mol. The summed E-state index contributed by atoms with van der Waals surface area (Å²) < 4.78 is 8.05. The Bertz CT molecular complexity index is 852. The quantitative estimate of drug-likeness (QED) is 0.462. The van der Waals surface area contributed by atoms with Crippen molar-refractivity contribution in [3.05, 3.63) is 86.3 Å². The number of benzene rings is 2. The SMILES string of the molecule is Clc1ccc([C@H](Cn2ccnc2)OCc2cc(Cl)ccc2Cl)c(Cl)c1. The highest BCUT2D eigenvalue weighted by atomic mass is 35.5. The highest BCUT2D eigenvalue weighted by Gasteiger charge is 2.17. The second-order valence-corrected chi connectivity index (χ2v) is 7.15. The molecule has 0 aliphatic rings. The van der Waals surface area contributed by atoms with Gasteiger partial charge in [0, 0.05) is 38.0 Å². The van der Waals surface area contributed by atoms with E-state index < -0.39 is 0 Å². The zero-order valence-electron chi connectivity index (χ0n) is 13.0. The first-order valence-corrected chi connectivity index (χ1v) is 9.00. The van der Waals surface area contributed by atoms with Crippen LogP contribution in [0, 0.1) is 0 Å². The molecule has 0 N–H and O–H groups in total. The number of ether oxygens (including phenoxy) is 1. The molecular formula is C18H14Cl4N2O. The van der Waals surface area contributed by atoms with Crippen LogP contribution in [0.15, 0.2) is 55.1 Å². The minimum absolute atomic E-state index is 0.297. The van der Waals surface area contributed by atoms with Gasteiger partial charge in [-0.05, 0) is 35.9 Å². The van der Waals surface area contributed by atoms with Gasteiger partial charge < -0.3 is 9.30 Å². The van der Waals surface area contributed by atoms with Gasteiger partial charge in [-0.1, -0.05) is 52.5 Å². The average molecular weight is 416 g/mol. The normalized spacial score (nSPS) is 12.3. The number of imidazole rings is 1. The molecule has 0 saturated carbocycles. The van der Waals surface area contributed by atoms with E-state index in [9.17, 15) is 0 Å². The van der Waals surface area contributed by atoms with Crippen LogP contribution in [-0.4, -0.2) is 9.55 Å². The van der Waals surface area contributed by atoms with Crippen LogP contribution >= 0.6 is 46.4 Å². The predicted octanol–water partition coefficient (Wildman–Crippen LogP) is 6.45. The first-order valence-electron chi connectivity index (χ1n) is 7.49. The summed E-state index contributed by atoms with van der Waals surface area (Å²) in [5.41, 5.74) is 1.66. The van der Waals surface area contributed by atoms with Gasteiger partial charge in [-0.2, -0.15) is 0 Å². The van der Waals surface area contributed by atoms with Crippen molar-refractivity contribution in [2.24, 2.45) is 0 Å². The number of aromatic nitrogens is 2. The molecule has 1 heterocycles. The molecule has 25 heavy (non-hydrogen) atoms. The van der Waals surface area contributed by atoms with E-state index in [1.54, 1.807) is 42.9 Å². The molecule has 0 amide bonds. The van der Waals surface area contributed by atoms with Crippen LogP contribution in [0.3, 0.4) is 0 Å². The largest absolute Gasteiger partial charge is 0.367 e. The Morgan fingerprint density at radius 1 is 0.960 bits per heavy atom. The molecule has 3 rings (SSSR count). The minimum Gasteiger partial charge on any atom is -0.367 e. The second kappa shape index (κ2) is 8.43. The molecule has 7 heteroatoms. The fourth-order valence-electron chi connectivity index (χ4n) is 2.43. The average Bonchev–Trinajstić information content (AvgIpc) is 3.08. The van der Waals surface area contributed by atoms with Crippen LogP contribution in [0.5, 0.6) is 0 Å². The van der Waals surface area contributed by atoms with E-state index in [4.69, 9.17) is 51.1 Å². The van der Waals surface area contributed by atoms with E-state index in [-0.39, 0.29) is 6.10 Å². The Labute approximate surface area is 166 Å². The van der Waals surface area contributed by atoms with Crippen molar-refractivity contribution in [3.8, 4) is 0 Å². The van der Waals surface area contributed by atoms with Crippen molar-refractivity contribution >= 4 is 46.4 Å². The summed E-state index contributed by atoms with van der Waals surface area (Å²) in [6, 6.07) is 10.6. The van der Waals surface area contributed by atoms with Crippen molar-refractivity contribution in [1.29, 1.82) is 0 Å². The van der Waals surface area contributed by atoms with Crippen molar-refractivity contribution < 1.29 is 4.74 Å². The van der Waals surface area contributed by atoms with Gasteiger partial charge in [-0.3, -0.25) is 0 Å². The summed E-state index contributed by atoms with van der Waals surface area (Å²) in [7, 11) is 0. The Morgan fingerprint density at radius 2 is 1.72 bits per heavy atom. The molecule has 0 fully saturated rings. The maximum Gasteiger partial charge on any atom is 0.102 e. The number of rotatable bonds is 6. The first kappa shape index (κ1) is 18.6. The number of nitrogens with zero attached hydrogens (tertiary/aromatic N) is 2. The topological polar surface area (TPSA) is 27.1 Å². The first-order chi connectivity index (χ1) is 12.0. The van der Waals surface area contributed by atoms with Crippen LogP contribution < -0.4 is 0 Å². The number of hydrogen-bond donors (Lipinski definition) is 0. The molecule has 0 radical (unpaired) electrons. The number of hydrogen-bond acceptors (Lipinski definition) is 2. The molecule has 130 valence electrons. The molecule has 0 unspecified atom stereocenters. The van der Waals surface area contributed by atoms with Crippen molar-refractivity contribution in [3.63, 3.8) is 0 Å². The zero-order chi connectivity index (χ0) is 17.8. The van der Waals surface area contributed by atoms with Crippen molar-refractivity contribution in [2.75, 3.05) is 0 Å². The van der Waals surface area contributed by atoms with E-state index in [0.717, 1.165) is 11.1 Å². The molecule has 3 aromatic rings. The molecule has 1 atom stereocenters. The molecule has 0 saturated heterocycles. The minimum atomic E-state index is -0.297. The maximum absolute atomic E-state index is 6.37.